The molecule has 0 radical (unpaired) electrons. The van der Waals surface area contributed by atoms with E-state index < -0.39 is 0 Å². The van der Waals surface area contributed by atoms with Crippen molar-refractivity contribution in [3.05, 3.63) is 30.4 Å². The van der Waals surface area contributed by atoms with Crippen LogP contribution in [-0.2, 0) is 6.54 Å². The number of nitrogen functional groups attached to an aromatic ring is 1. The molecule has 0 spiro atoms. The maximum atomic E-state index is 6.04. The monoisotopic (exact) mass is 247 g/mol. The first-order valence-electron chi connectivity index (χ1n) is 5.80. The molecule has 18 heavy (non-hydrogen) atoms. The standard InChI is InChI=1S/C12H17N5O/c1-8(2)18-10-5-3-4-9(12(10)13)14-6-11-15-7-16-17-11/h3-5,7-8,14H,6,13H2,1-2H3,(H,15,16,17). The van der Waals surface area contributed by atoms with Crippen LogP contribution in [0.25, 0.3) is 0 Å². The molecule has 0 saturated heterocycles. The topological polar surface area (TPSA) is 88.8 Å². The number of anilines is 2. The second-order valence-corrected chi connectivity index (χ2v) is 4.17. The van der Waals surface area contributed by atoms with Gasteiger partial charge in [-0.2, -0.15) is 5.10 Å². The number of H-pyrrole nitrogens is 1. The minimum atomic E-state index is 0.0943. The first-order valence-corrected chi connectivity index (χ1v) is 5.80. The molecule has 2 rings (SSSR count). The van der Waals surface area contributed by atoms with Crippen LogP contribution in [0, 0.1) is 0 Å². The Bertz CT molecular complexity index is 495. The maximum absolute atomic E-state index is 6.04. The Hall–Kier alpha value is -2.24. The summed E-state index contributed by atoms with van der Waals surface area (Å²) < 4.78 is 5.62. The number of nitrogens with two attached hydrogens (primary N) is 1. The van der Waals surface area contributed by atoms with Crippen LogP contribution in [-0.4, -0.2) is 21.3 Å². The fourth-order valence-corrected chi connectivity index (χ4v) is 1.55. The van der Waals surface area contributed by atoms with E-state index in [0.29, 0.717) is 18.0 Å². The smallest absolute Gasteiger partial charge is 0.144 e. The quantitative estimate of drug-likeness (QED) is 0.701. The van der Waals surface area contributed by atoms with Gasteiger partial charge in [0.1, 0.15) is 17.9 Å². The molecule has 0 aliphatic heterocycles. The van der Waals surface area contributed by atoms with Crippen molar-refractivity contribution >= 4 is 11.4 Å². The van der Waals surface area contributed by atoms with Crippen molar-refractivity contribution in [1.82, 2.24) is 15.2 Å². The first-order chi connectivity index (χ1) is 8.66. The molecule has 0 amide bonds. The lowest BCUT2D eigenvalue weighted by Crippen LogP contribution is -2.09. The van der Waals surface area contributed by atoms with Gasteiger partial charge in [0.05, 0.1) is 24.0 Å². The van der Waals surface area contributed by atoms with Crippen LogP contribution < -0.4 is 15.8 Å². The number of benzene rings is 1. The van der Waals surface area contributed by atoms with Gasteiger partial charge >= 0.3 is 0 Å². The summed E-state index contributed by atoms with van der Waals surface area (Å²) in [6.07, 6.45) is 1.57. The van der Waals surface area contributed by atoms with E-state index in [0.717, 1.165) is 11.5 Å². The van der Waals surface area contributed by atoms with Gasteiger partial charge in [0, 0.05) is 0 Å². The molecule has 0 bridgehead atoms. The molecule has 96 valence electrons. The van der Waals surface area contributed by atoms with Gasteiger partial charge in [-0.15, -0.1) is 0 Å². The molecule has 0 aliphatic carbocycles. The second kappa shape index (κ2) is 5.39. The fraction of sp³-hybridized carbons (Fsp3) is 0.333. The van der Waals surface area contributed by atoms with Crippen LogP contribution in [0.1, 0.15) is 19.7 Å². The zero-order valence-corrected chi connectivity index (χ0v) is 10.5. The summed E-state index contributed by atoms with van der Waals surface area (Å²) >= 11 is 0. The van der Waals surface area contributed by atoms with E-state index in [9.17, 15) is 0 Å². The highest BCUT2D eigenvalue weighted by atomic mass is 16.5. The van der Waals surface area contributed by atoms with Gasteiger partial charge in [0.15, 0.2) is 0 Å². The molecule has 0 atom stereocenters. The predicted octanol–water partition coefficient (Wildman–Crippen LogP) is 1.79. The van der Waals surface area contributed by atoms with Crippen LogP contribution in [0.4, 0.5) is 11.4 Å². The molecule has 6 heteroatoms. The molecule has 1 heterocycles. The van der Waals surface area contributed by atoms with Gasteiger partial charge in [-0.3, -0.25) is 5.10 Å². The molecule has 6 nitrogen and oxygen atoms in total. The summed E-state index contributed by atoms with van der Waals surface area (Å²) in [4.78, 5) is 4.03. The van der Waals surface area contributed by atoms with Crippen LogP contribution in [0.5, 0.6) is 5.75 Å². The normalized spacial score (nSPS) is 10.6. The lowest BCUT2D eigenvalue weighted by molar-refractivity contribution is 0.244. The van der Waals surface area contributed by atoms with Gasteiger partial charge in [0.25, 0.3) is 0 Å². The molecule has 0 aliphatic rings. The molecule has 1 aromatic heterocycles. The summed E-state index contributed by atoms with van der Waals surface area (Å²) in [5.41, 5.74) is 7.46. The summed E-state index contributed by atoms with van der Waals surface area (Å²) in [5, 5.41) is 9.75. The molecule has 0 fully saturated rings. The van der Waals surface area contributed by atoms with Gasteiger partial charge in [-0.25, -0.2) is 4.98 Å². The lowest BCUT2D eigenvalue weighted by Gasteiger charge is -2.15. The predicted molar refractivity (Wildman–Crippen MR) is 70.3 cm³/mol. The summed E-state index contributed by atoms with van der Waals surface area (Å²) in [6, 6.07) is 5.66. The number of nitrogens with zero attached hydrogens (tertiary/aromatic N) is 2. The van der Waals surface area contributed by atoms with Crippen molar-refractivity contribution in [2.75, 3.05) is 11.1 Å². The first kappa shape index (κ1) is 12.2. The molecular formula is C12H17N5O. The van der Waals surface area contributed by atoms with E-state index in [1.54, 1.807) is 0 Å². The summed E-state index contributed by atoms with van der Waals surface area (Å²) in [5.74, 6) is 1.44. The van der Waals surface area contributed by atoms with Crippen molar-refractivity contribution in [1.29, 1.82) is 0 Å². The highest BCUT2D eigenvalue weighted by molar-refractivity contribution is 5.72. The number of aromatic amines is 1. The fourth-order valence-electron chi connectivity index (χ4n) is 1.55. The number of hydrogen-bond acceptors (Lipinski definition) is 5. The van der Waals surface area contributed by atoms with Gasteiger partial charge in [-0.1, -0.05) is 6.07 Å². The Morgan fingerprint density at radius 1 is 1.44 bits per heavy atom. The van der Waals surface area contributed by atoms with Gasteiger partial charge < -0.3 is 15.8 Å². The number of aromatic nitrogens is 3. The van der Waals surface area contributed by atoms with E-state index >= 15 is 0 Å². The van der Waals surface area contributed by atoms with Gasteiger partial charge in [-0.05, 0) is 26.0 Å². The van der Waals surface area contributed by atoms with Crippen molar-refractivity contribution in [3.8, 4) is 5.75 Å². The highest BCUT2D eigenvalue weighted by Crippen LogP contribution is 2.30. The molecule has 1 aromatic carbocycles. The van der Waals surface area contributed by atoms with Crippen LogP contribution >= 0.6 is 0 Å². The third kappa shape index (κ3) is 2.91. The number of nitrogens with one attached hydrogen (secondary N) is 2. The largest absolute Gasteiger partial charge is 0.489 e. The van der Waals surface area contributed by atoms with Crippen LogP contribution in [0.15, 0.2) is 24.5 Å². The van der Waals surface area contributed by atoms with Crippen molar-refractivity contribution in [2.24, 2.45) is 0 Å². The lowest BCUT2D eigenvalue weighted by atomic mass is 10.2. The molecule has 0 unspecified atom stereocenters. The van der Waals surface area contributed by atoms with Crippen molar-refractivity contribution < 1.29 is 4.74 Å². The van der Waals surface area contributed by atoms with E-state index in [1.807, 2.05) is 32.0 Å². The minimum absolute atomic E-state index is 0.0943. The van der Waals surface area contributed by atoms with E-state index in [1.165, 1.54) is 6.33 Å². The van der Waals surface area contributed by atoms with Crippen molar-refractivity contribution in [2.45, 2.75) is 26.5 Å². The SMILES string of the molecule is CC(C)Oc1cccc(NCc2ncn[nH]2)c1N. The zero-order valence-electron chi connectivity index (χ0n) is 10.5. The Morgan fingerprint density at radius 2 is 2.28 bits per heavy atom. The Labute approximate surface area is 106 Å². The van der Waals surface area contributed by atoms with Crippen molar-refractivity contribution in [3.63, 3.8) is 0 Å². The average molecular weight is 247 g/mol. The molecule has 0 saturated carbocycles. The maximum Gasteiger partial charge on any atom is 0.144 e. The summed E-state index contributed by atoms with van der Waals surface area (Å²) in [7, 11) is 0. The van der Waals surface area contributed by atoms with E-state index in [-0.39, 0.29) is 6.10 Å². The highest BCUT2D eigenvalue weighted by Gasteiger charge is 2.07. The van der Waals surface area contributed by atoms with E-state index in [4.69, 9.17) is 10.5 Å². The van der Waals surface area contributed by atoms with Gasteiger partial charge in [0.2, 0.25) is 0 Å². The Balaban J connectivity index is 2.08. The minimum Gasteiger partial charge on any atom is -0.489 e. The molecular weight excluding hydrogens is 230 g/mol. The second-order valence-electron chi connectivity index (χ2n) is 4.17. The average Bonchev–Trinajstić information content (AvgIpc) is 2.83. The number of ether oxygens (including phenoxy) is 1. The van der Waals surface area contributed by atoms with Crippen LogP contribution in [0.3, 0.4) is 0 Å². The Kier molecular flexibility index (Phi) is 3.66. The summed E-state index contributed by atoms with van der Waals surface area (Å²) in [6.45, 7) is 4.47. The molecule has 4 N–H and O–H groups in total. The number of para-hydroxylation sites is 1. The third-order valence-electron chi connectivity index (χ3n) is 2.34. The Morgan fingerprint density at radius 3 is 2.94 bits per heavy atom. The van der Waals surface area contributed by atoms with E-state index in [2.05, 4.69) is 20.5 Å². The zero-order chi connectivity index (χ0) is 13.0. The number of hydrogen-bond donors (Lipinski definition) is 3. The van der Waals surface area contributed by atoms with Crippen LogP contribution in [0.2, 0.25) is 0 Å². The molecule has 2 aromatic rings. The third-order valence-corrected chi connectivity index (χ3v) is 2.34. The number of rotatable bonds is 5.